The van der Waals surface area contributed by atoms with Gasteiger partial charge in [0, 0.05) is 45.4 Å². The number of piperidine rings is 1. The lowest BCUT2D eigenvalue weighted by Gasteiger charge is -2.32. The molecule has 0 atom stereocenters. The second-order valence-corrected chi connectivity index (χ2v) is 6.44. The van der Waals surface area contributed by atoms with Crippen LogP contribution in [0.4, 0.5) is 18.0 Å². The fourth-order valence-corrected chi connectivity index (χ4v) is 2.95. The zero-order chi connectivity index (χ0) is 19.4. The van der Waals surface area contributed by atoms with Crippen molar-refractivity contribution in [3.63, 3.8) is 0 Å². The molecule has 0 bridgehead atoms. The number of hydrogen-bond acceptors (Lipinski definition) is 3. The molecule has 0 saturated carbocycles. The predicted molar refractivity (Wildman–Crippen MR) is 92.1 cm³/mol. The predicted octanol–water partition coefficient (Wildman–Crippen LogP) is 3.19. The molecule has 146 valence electrons. The van der Waals surface area contributed by atoms with Gasteiger partial charge in [0.25, 0.3) is 0 Å². The number of ether oxygens (including phenoxy) is 1. The molecule has 3 rings (SSSR count). The summed E-state index contributed by atoms with van der Waals surface area (Å²) in [5.41, 5.74) is -0.730. The Morgan fingerprint density at radius 3 is 2.70 bits per heavy atom. The molecule has 6 nitrogen and oxygen atoms in total. The van der Waals surface area contributed by atoms with Crippen molar-refractivity contribution in [3.8, 4) is 5.75 Å². The van der Waals surface area contributed by atoms with Gasteiger partial charge in [0.2, 0.25) is 0 Å². The number of aryl methyl sites for hydroxylation is 1. The number of nitrogens with one attached hydrogen (secondary N) is 1. The SMILES string of the molecule is Cn1ccnc1CNC(=O)N1CCC(Oc2cccc(C(F)(F)F)c2)CC1. The maximum Gasteiger partial charge on any atom is 0.416 e. The summed E-state index contributed by atoms with van der Waals surface area (Å²) < 4.78 is 45.8. The van der Waals surface area contributed by atoms with Crippen LogP contribution >= 0.6 is 0 Å². The zero-order valence-corrected chi connectivity index (χ0v) is 14.9. The zero-order valence-electron chi connectivity index (χ0n) is 14.9. The Hall–Kier alpha value is -2.71. The summed E-state index contributed by atoms with van der Waals surface area (Å²) in [6.45, 7) is 1.30. The van der Waals surface area contributed by atoms with Gasteiger partial charge in [-0.25, -0.2) is 9.78 Å². The van der Waals surface area contributed by atoms with Crippen LogP contribution in [0.15, 0.2) is 36.7 Å². The topological polar surface area (TPSA) is 59.4 Å². The lowest BCUT2D eigenvalue weighted by Crippen LogP contribution is -2.46. The number of amides is 2. The summed E-state index contributed by atoms with van der Waals surface area (Å²) in [5, 5.41) is 2.82. The van der Waals surface area contributed by atoms with Gasteiger partial charge in [-0.15, -0.1) is 0 Å². The van der Waals surface area contributed by atoms with E-state index in [9.17, 15) is 18.0 Å². The quantitative estimate of drug-likeness (QED) is 0.884. The van der Waals surface area contributed by atoms with Crippen molar-refractivity contribution in [2.75, 3.05) is 13.1 Å². The highest BCUT2D eigenvalue weighted by Gasteiger charge is 2.31. The van der Waals surface area contributed by atoms with Crippen LogP contribution in [0.25, 0.3) is 0 Å². The fraction of sp³-hybridized carbons (Fsp3) is 0.444. The van der Waals surface area contributed by atoms with E-state index in [0.29, 0.717) is 32.5 Å². The number of urea groups is 1. The largest absolute Gasteiger partial charge is 0.490 e. The third-order valence-corrected chi connectivity index (χ3v) is 4.51. The van der Waals surface area contributed by atoms with Crippen LogP contribution in [-0.2, 0) is 19.8 Å². The van der Waals surface area contributed by atoms with E-state index in [1.54, 1.807) is 17.3 Å². The number of aromatic nitrogens is 2. The van der Waals surface area contributed by atoms with Crippen LogP contribution in [0.2, 0.25) is 0 Å². The van der Waals surface area contributed by atoms with E-state index in [1.165, 1.54) is 12.1 Å². The molecule has 1 aliphatic rings. The van der Waals surface area contributed by atoms with E-state index in [4.69, 9.17) is 4.74 Å². The molecule has 1 fully saturated rings. The summed E-state index contributed by atoms with van der Waals surface area (Å²) in [6, 6.07) is 4.68. The van der Waals surface area contributed by atoms with Crippen LogP contribution in [0, 0.1) is 0 Å². The molecule has 2 heterocycles. The number of alkyl halides is 3. The van der Waals surface area contributed by atoms with E-state index >= 15 is 0 Å². The Morgan fingerprint density at radius 1 is 1.33 bits per heavy atom. The van der Waals surface area contributed by atoms with Crippen LogP contribution in [0.1, 0.15) is 24.2 Å². The van der Waals surface area contributed by atoms with Crippen molar-refractivity contribution in [2.24, 2.45) is 7.05 Å². The van der Waals surface area contributed by atoms with Gasteiger partial charge in [0.15, 0.2) is 0 Å². The van der Waals surface area contributed by atoms with Gasteiger partial charge in [0.05, 0.1) is 12.1 Å². The van der Waals surface area contributed by atoms with Crippen molar-refractivity contribution in [3.05, 3.63) is 48.0 Å². The van der Waals surface area contributed by atoms with E-state index < -0.39 is 11.7 Å². The highest BCUT2D eigenvalue weighted by Crippen LogP contribution is 2.32. The number of hydrogen-bond donors (Lipinski definition) is 1. The van der Waals surface area contributed by atoms with E-state index in [2.05, 4.69) is 10.3 Å². The minimum absolute atomic E-state index is 0.185. The smallest absolute Gasteiger partial charge is 0.416 e. The van der Waals surface area contributed by atoms with Gasteiger partial charge >= 0.3 is 12.2 Å². The first-order valence-electron chi connectivity index (χ1n) is 8.66. The third-order valence-electron chi connectivity index (χ3n) is 4.51. The monoisotopic (exact) mass is 382 g/mol. The molecule has 2 aromatic rings. The van der Waals surface area contributed by atoms with Crippen LogP contribution < -0.4 is 10.1 Å². The first-order chi connectivity index (χ1) is 12.8. The highest BCUT2D eigenvalue weighted by molar-refractivity contribution is 5.74. The van der Waals surface area contributed by atoms with Gasteiger partial charge in [0.1, 0.15) is 17.7 Å². The minimum Gasteiger partial charge on any atom is -0.490 e. The second kappa shape index (κ2) is 7.89. The van der Waals surface area contributed by atoms with Gasteiger partial charge < -0.3 is 19.5 Å². The highest BCUT2D eigenvalue weighted by atomic mass is 19.4. The summed E-state index contributed by atoms with van der Waals surface area (Å²) in [4.78, 5) is 18.1. The number of imidazole rings is 1. The van der Waals surface area contributed by atoms with Gasteiger partial charge in [-0.1, -0.05) is 6.07 Å². The Balaban J connectivity index is 1.47. The van der Waals surface area contributed by atoms with Gasteiger partial charge in [-0.3, -0.25) is 0 Å². The van der Waals surface area contributed by atoms with Crippen LogP contribution in [-0.4, -0.2) is 39.7 Å². The number of rotatable bonds is 4. The van der Waals surface area contributed by atoms with E-state index in [1.807, 2.05) is 11.6 Å². The van der Waals surface area contributed by atoms with Crippen molar-refractivity contribution in [1.29, 1.82) is 0 Å². The Labute approximate surface area is 154 Å². The molecule has 0 spiro atoms. The number of benzene rings is 1. The van der Waals surface area contributed by atoms with Crippen molar-refractivity contribution in [2.45, 2.75) is 31.7 Å². The van der Waals surface area contributed by atoms with Crippen molar-refractivity contribution >= 4 is 6.03 Å². The molecule has 1 aromatic carbocycles. The molecule has 1 saturated heterocycles. The van der Waals surface area contributed by atoms with E-state index in [-0.39, 0.29) is 17.9 Å². The Morgan fingerprint density at radius 2 is 2.07 bits per heavy atom. The van der Waals surface area contributed by atoms with Crippen molar-refractivity contribution < 1.29 is 22.7 Å². The first-order valence-corrected chi connectivity index (χ1v) is 8.66. The molecule has 1 N–H and O–H groups in total. The van der Waals surface area contributed by atoms with Gasteiger partial charge in [-0.05, 0) is 18.2 Å². The summed E-state index contributed by atoms with van der Waals surface area (Å²) in [7, 11) is 1.85. The molecule has 1 aromatic heterocycles. The standard InChI is InChI=1S/C18H21F3N4O2/c1-24-10-7-22-16(24)12-23-17(26)25-8-5-14(6-9-25)27-15-4-2-3-13(11-15)18(19,20)21/h2-4,7,10-11,14H,5-6,8-9,12H2,1H3,(H,23,26). The fourth-order valence-electron chi connectivity index (χ4n) is 2.95. The second-order valence-electron chi connectivity index (χ2n) is 6.44. The molecule has 27 heavy (non-hydrogen) atoms. The maximum atomic E-state index is 12.8. The normalized spacial score (nSPS) is 15.6. The van der Waals surface area contributed by atoms with Crippen molar-refractivity contribution in [1.82, 2.24) is 19.8 Å². The molecule has 0 radical (unpaired) electrons. The number of carbonyl (C=O) groups is 1. The lowest BCUT2D eigenvalue weighted by molar-refractivity contribution is -0.137. The average molecular weight is 382 g/mol. The summed E-state index contributed by atoms with van der Waals surface area (Å²) in [6.07, 6.45) is -0.0189. The Bertz CT molecular complexity index is 783. The average Bonchev–Trinajstić information content (AvgIpc) is 3.05. The molecule has 9 heteroatoms. The minimum atomic E-state index is -4.39. The van der Waals surface area contributed by atoms with E-state index in [0.717, 1.165) is 18.0 Å². The maximum absolute atomic E-state index is 12.8. The van der Waals surface area contributed by atoms with Crippen LogP contribution in [0.3, 0.4) is 0 Å². The van der Waals surface area contributed by atoms with Crippen LogP contribution in [0.5, 0.6) is 5.75 Å². The number of likely N-dealkylation sites (tertiary alicyclic amines) is 1. The van der Waals surface area contributed by atoms with Gasteiger partial charge in [-0.2, -0.15) is 13.2 Å². The molecular weight excluding hydrogens is 361 g/mol. The first kappa shape index (κ1) is 19.1. The molecule has 1 aliphatic heterocycles. The molecule has 0 unspecified atom stereocenters. The molecule has 2 amide bonds. The molecule has 0 aliphatic carbocycles. The molecular formula is C18H21F3N4O2. The Kier molecular flexibility index (Phi) is 5.57. The third kappa shape index (κ3) is 4.93. The summed E-state index contributed by atoms with van der Waals surface area (Å²) in [5.74, 6) is 0.952. The lowest BCUT2D eigenvalue weighted by atomic mass is 10.1. The summed E-state index contributed by atoms with van der Waals surface area (Å²) >= 11 is 0. The number of carbonyl (C=O) groups excluding carboxylic acids is 1. The number of nitrogens with zero attached hydrogens (tertiary/aromatic N) is 3. The number of halogens is 3.